The fraction of sp³-hybridized carbons (Fsp3) is 0.391. The zero-order chi connectivity index (χ0) is 20.6. The lowest BCUT2D eigenvalue weighted by Gasteiger charge is -2.33. The summed E-state index contributed by atoms with van der Waals surface area (Å²) in [4.78, 5) is 28.6. The second-order valence-electron chi connectivity index (χ2n) is 7.22. The van der Waals surface area contributed by atoms with Crippen molar-refractivity contribution >= 4 is 17.6 Å². The SMILES string of the molecule is COC(=O)C1CCN(C(=O)CN(Cc2ccccc2)c2ccc(OC)cc2)CC1. The fourth-order valence-electron chi connectivity index (χ4n) is 3.63. The molecule has 2 aromatic carbocycles. The fourth-order valence-corrected chi connectivity index (χ4v) is 3.63. The first kappa shape index (κ1) is 20.7. The predicted octanol–water partition coefficient (Wildman–Crippen LogP) is 3.11. The number of piperidine rings is 1. The van der Waals surface area contributed by atoms with Crippen molar-refractivity contribution in [3.8, 4) is 5.75 Å². The summed E-state index contributed by atoms with van der Waals surface area (Å²) in [6.07, 6.45) is 1.30. The average Bonchev–Trinajstić information content (AvgIpc) is 2.79. The summed E-state index contributed by atoms with van der Waals surface area (Å²) >= 11 is 0. The monoisotopic (exact) mass is 396 g/mol. The number of anilines is 1. The van der Waals surface area contributed by atoms with Crippen LogP contribution in [0.4, 0.5) is 5.69 Å². The zero-order valence-corrected chi connectivity index (χ0v) is 17.0. The molecule has 1 aliphatic rings. The Morgan fingerprint density at radius 2 is 1.66 bits per heavy atom. The Bertz CT molecular complexity index is 799. The van der Waals surface area contributed by atoms with Crippen molar-refractivity contribution in [2.24, 2.45) is 5.92 Å². The van der Waals surface area contributed by atoms with Crippen molar-refractivity contribution in [2.45, 2.75) is 19.4 Å². The number of methoxy groups -OCH3 is 2. The summed E-state index contributed by atoms with van der Waals surface area (Å²) in [6.45, 7) is 2.09. The average molecular weight is 396 g/mol. The Morgan fingerprint density at radius 3 is 2.24 bits per heavy atom. The smallest absolute Gasteiger partial charge is 0.308 e. The molecule has 0 atom stereocenters. The molecule has 154 valence electrons. The molecule has 0 bridgehead atoms. The van der Waals surface area contributed by atoms with E-state index in [2.05, 4.69) is 17.0 Å². The normalized spacial score (nSPS) is 14.3. The molecule has 0 spiro atoms. The van der Waals surface area contributed by atoms with E-state index in [1.165, 1.54) is 7.11 Å². The van der Waals surface area contributed by atoms with Gasteiger partial charge in [-0.15, -0.1) is 0 Å². The first-order chi connectivity index (χ1) is 14.1. The minimum Gasteiger partial charge on any atom is -0.497 e. The summed E-state index contributed by atoms with van der Waals surface area (Å²) in [7, 11) is 3.05. The molecule has 1 saturated heterocycles. The molecule has 1 heterocycles. The highest BCUT2D eigenvalue weighted by Gasteiger charge is 2.28. The van der Waals surface area contributed by atoms with Gasteiger partial charge in [0.25, 0.3) is 0 Å². The van der Waals surface area contributed by atoms with Crippen LogP contribution in [0.3, 0.4) is 0 Å². The van der Waals surface area contributed by atoms with Crippen LogP contribution < -0.4 is 9.64 Å². The van der Waals surface area contributed by atoms with Crippen molar-refractivity contribution in [3.05, 3.63) is 60.2 Å². The molecular weight excluding hydrogens is 368 g/mol. The van der Waals surface area contributed by atoms with Crippen LogP contribution in [0.25, 0.3) is 0 Å². The van der Waals surface area contributed by atoms with Crippen LogP contribution in [0.5, 0.6) is 5.75 Å². The Kier molecular flexibility index (Phi) is 7.11. The standard InChI is InChI=1S/C23H28N2O4/c1-28-21-10-8-20(9-11-21)25(16-18-6-4-3-5-7-18)17-22(26)24-14-12-19(13-15-24)23(27)29-2/h3-11,19H,12-17H2,1-2H3. The molecule has 0 aromatic heterocycles. The van der Waals surface area contributed by atoms with Crippen LogP contribution in [-0.2, 0) is 20.9 Å². The highest BCUT2D eigenvalue weighted by molar-refractivity contribution is 5.82. The van der Waals surface area contributed by atoms with Crippen LogP contribution in [0, 0.1) is 5.92 Å². The number of likely N-dealkylation sites (tertiary alicyclic amines) is 1. The molecule has 1 amide bonds. The zero-order valence-electron chi connectivity index (χ0n) is 17.0. The van der Waals surface area contributed by atoms with E-state index in [1.54, 1.807) is 7.11 Å². The molecule has 29 heavy (non-hydrogen) atoms. The molecule has 6 nitrogen and oxygen atoms in total. The largest absolute Gasteiger partial charge is 0.497 e. The van der Waals surface area contributed by atoms with E-state index >= 15 is 0 Å². The molecule has 0 radical (unpaired) electrons. The number of benzene rings is 2. The van der Waals surface area contributed by atoms with Gasteiger partial charge < -0.3 is 19.3 Å². The first-order valence-electron chi connectivity index (χ1n) is 9.89. The Morgan fingerprint density at radius 1 is 1.00 bits per heavy atom. The molecule has 0 saturated carbocycles. The quantitative estimate of drug-likeness (QED) is 0.673. The molecular formula is C23H28N2O4. The Labute approximate surface area is 172 Å². The highest BCUT2D eigenvalue weighted by atomic mass is 16.5. The number of carbonyl (C=O) groups excluding carboxylic acids is 2. The molecule has 6 heteroatoms. The number of esters is 1. The van der Waals surface area contributed by atoms with E-state index in [0.29, 0.717) is 32.5 Å². The maximum Gasteiger partial charge on any atom is 0.308 e. The lowest BCUT2D eigenvalue weighted by Crippen LogP contribution is -2.45. The third-order valence-electron chi connectivity index (χ3n) is 5.36. The van der Waals surface area contributed by atoms with Gasteiger partial charge in [0.15, 0.2) is 0 Å². The molecule has 2 aromatic rings. The second kappa shape index (κ2) is 9.96. The number of rotatable bonds is 7. The lowest BCUT2D eigenvalue weighted by molar-refractivity contribution is -0.148. The van der Waals surface area contributed by atoms with E-state index in [0.717, 1.165) is 17.0 Å². The number of amides is 1. The predicted molar refractivity (Wildman–Crippen MR) is 112 cm³/mol. The summed E-state index contributed by atoms with van der Waals surface area (Å²) in [6, 6.07) is 17.8. The molecule has 1 fully saturated rings. The van der Waals surface area contributed by atoms with Gasteiger partial charge in [-0.1, -0.05) is 30.3 Å². The van der Waals surface area contributed by atoms with Gasteiger partial charge in [0.05, 0.1) is 26.7 Å². The topological polar surface area (TPSA) is 59.1 Å². The number of ether oxygens (including phenoxy) is 2. The Balaban J connectivity index is 1.69. The van der Waals surface area contributed by atoms with Gasteiger partial charge in [0, 0.05) is 25.3 Å². The number of nitrogens with zero attached hydrogens (tertiary/aromatic N) is 2. The maximum atomic E-state index is 13.0. The van der Waals surface area contributed by atoms with Gasteiger partial charge in [-0.25, -0.2) is 0 Å². The van der Waals surface area contributed by atoms with Gasteiger partial charge in [-0.2, -0.15) is 0 Å². The number of hydrogen-bond acceptors (Lipinski definition) is 5. The molecule has 0 aliphatic carbocycles. The van der Waals surface area contributed by atoms with E-state index in [9.17, 15) is 9.59 Å². The van der Waals surface area contributed by atoms with Gasteiger partial charge in [-0.05, 0) is 42.7 Å². The van der Waals surface area contributed by atoms with Crippen molar-refractivity contribution in [1.82, 2.24) is 4.90 Å². The number of hydrogen-bond donors (Lipinski definition) is 0. The third kappa shape index (κ3) is 5.50. The summed E-state index contributed by atoms with van der Waals surface area (Å²) in [5, 5.41) is 0. The summed E-state index contributed by atoms with van der Waals surface area (Å²) in [5.74, 6) is 0.566. The first-order valence-corrected chi connectivity index (χ1v) is 9.89. The van der Waals surface area contributed by atoms with Crippen LogP contribution >= 0.6 is 0 Å². The summed E-state index contributed by atoms with van der Waals surface area (Å²) < 4.78 is 10.1. The van der Waals surface area contributed by atoms with Gasteiger partial charge in [0.2, 0.25) is 5.91 Å². The van der Waals surface area contributed by atoms with Crippen LogP contribution in [0.1, 0.15) is 18.4 Å². The molecule has 0 N–H and O–H groups in total. The van der Waals surface area contributed by atoms with Crippen molar-refractivity contribution in [3.63, 3.8) is 0 Å². The van der Waals surface area contributed by atoms with E-state index in [-0.39, 0.29) is 24.3 Å². The van der Waals surface area contributed by atoms with E-state index in [4.69, 9.17) is 9.47 Å². The molecule has 1 aliphatic heterocycles. The number of carbonyl (C=O) groups is 2. The van der Waals surface area contributed by atoms with Crippen molar-refractivity contribution < 1.29 is 19.1 Å². The van der Waals surface area contributed by atoms with E-state index < -0.39 is 0 Å². The van der Waals surface area contributed by atoms with Gasteiger partial charge in [-0.3, -0.25) is 9.59 Å². The molecule has 0 unspecified atom stereocenters. The minimum absolute atomic E-state index is 0.0695. The second-order valence-corrected chi connectivity index (χ2v) is 7.22. The Hall–Kier alpha value is -3.02. The van der Waals surface area contributed by atoms with Crippen LogP contribution in [0.15, 0.2) is 54.6 Å². The minimum atomic E-state index is -0.180. The van der Waals surface area contributed by atoms with E-state index in [1.807, 2.05) is 47.4 Å². The summed E-state index contributed by atoms with van der Waals surface area (Å²) in [5.41, 5.74) is 2.10. The van der Waals surface area contributed by atoms with Crippen molar-refractivity contribution in [1.29, 1.82) is 0 Å². The van der Waals surface area contributed by atoms with Crippen LogP contribution in [0.2, 0.25) is 0 Å². The maximum absolute atomic E-state index is 13.0. The molecule has 3 rings (SSSR count). The lowest BCUT2D eigenvalue weighted by atomic mass is 9.97. The van der Waals surface area contributed by atoms with Gasteiger partial charge in [0.1, 0.15) is 5.75 Å². The third-order valence-corrected chi connectivity index (χ3v) is 5.36. The van der Waals surface area contributed by atoms with Gasteiger partial charge >= 0.3 is 5.97 Å². The van der Waals surface area contributed by atoms with Crippen LogP contribution in [-0.4, -0.2) is 50.6 Å². The van der Waals surface area contributed by atoms with Crippen molar-refractivity contribution in [2.75, 3.05) is 38.8 Å². The highest BCUT2D eigenvalue weighted by Crippen LogP contribution is 2.23.